The van der Waals surface area contributed by atoms with Crippen LogP contribution in [-0.2, 0) is 16.0 Å². The van der Waals surface area contributed by atoms with Crippen molar-refractivity contribution in [1.29, 1.82) is 0 Å². The number of carbonyl (C=O) groups excluding carboxylic acids is 2. The number of hydrogen-bond donors (Lipinski definition) is 1. The van der Waals surface area contributed by atoms with E-state index in [9.17, 15) is 14.0 Å². The molecule has 1 aromatic rings. The zero-order valence-electron chi connectivity index (χ0n) is 14.8. The van der Waals surface area contributed by atoms with Gasteiger partial charge in [0.15, 0.2) is 0 Å². The van der Waals surface area contributed by atoms with E-state index in [0.717, 1.165) is 31.4 Å². The van der Waals surface area contributed by atoms with Gasteiger partial charge in [0.2, 0.25) is 0 Å². The highest BCUT2D eigenvalue weighted by Crippen LogP contribution is 2.22. The third-order valence-electron chi connectivity index (χ3n) is 4.50. The lowest BCUT2D eigenvalue weighted by Crippen LogP contribution is -2.46. The lowest BCUT2D eigenvalue weighted by molar-refractivity contribution is -0.142. The highest BCUT2D eigenvalue weighted by molar-refractivity contribution is 5.75. The number of rotatable bonds is 7. The number of nitrogens with one attached hydrogen (secondary N) is 1. The summed E-state index contributed by atoms with van der Waals surface area (Å²) in [4.78, 5) is 25.3. The van der Waals surface area contributed by atoms with Crippen molar-refractivity contribution in [2.75, 3.05) is 26.2 Å². The molecule has 0 saturated carbocycles. The van der Waals surface area contributed by atoms with Gasteiger partial charge in [-0.3, -0.25) is 4.79 Å². The van der Waals surface area contributed by atoms with E-state index in [1.165, 1.54) is 6.07 Å². The maximum atomic E-state index is 13.7. The predicted octanol–water partition coefficient (Wildman–Crippen LogP) is 3.13. The van der Waals surface area contributed by atoms with Crippen molar-refractivity contribution in [3.63, 3.8) is 0 Å². The number of amides is 2. The summed E-state index contributed by atoms with van der Waals surface area (Å²) in [6, 6.07) is 6.71. The summed E-state index contributed by atoms with van der Waals surface area (Å²) in [5.41, 5.74) is 0.735. The lowest BCUT2D eigenvalue weighted by atomic mass is 9.91. The van der Waals surface area contributed by atoms with Crippen LogP contribution in [0.15, 0.2) is 24.3 Å². The van der Waals surface area contributed by atoms with E-state index < -0.39 is 0 Å². The summed E-state index contributed by atoms with van der Waals surface area (Å²) in [6.45, 7) is 3.80. The molecule has 0 spiro atoms. The van der Waals surface area contributed by atoms with Crippen LogP contribution in [0.2, 0.25) is 0 Å². The van der Waals surface area contributed by atoms with Gasteiger partial charge in [0.1, 0.15) is 5.82 Å². The van der Waals surface area contributed by atoms with Crippen LogP contribution in [0.25, 0.3) is 0 Å². The molecule has 2 amide bonds. The van der Waals surface area contributed by atoms with E-state index in [1.807, 2.05) is 12.1 Å². The summed E-state index contributed by atoms with van der Waals surface area (Å²) in [7, 11) is 0. The van der Waals surface area contributed by atoms with Gasteiger partial charge in [-0.15, -0.1) is 0 Å². The number of nitrogens with zero attached hydrogens (tertiary/aromatic N) is 1. The van der Waals surface area contributed by atoms with Crippen molar-refractivity contribution < 1.29 is 18.7 Å². The minimum Gasteiger partial charge on any atom is -0.466 e. The van der Waals surface area contributed by atoms with E-state index in [-0.39, 0.29) is 30.8 Å². The van der Waals surface area contributed by atoms with E-state index in [4.69, 9.17) is 4.74 Å². The first-order valence-corrected chi connectivity index (χ1v) is 9.02. The second-order valence-electron chi connectivity index (χ2n) is 6.37. The van der Waals surface area contributed by atoms with Crippen molar-refractivity contribution in [1.82, 2.24) is 10.2 Å². The molecule has 1 aliphatic heterocycles. The average Bonchev–Trinajstić information content (AvgIpc) is 2.61. The number of hydrogen-bond acceptors (Lipinski definition) is 3. The Hall–Kier alpha value is -2.11. The maximum Gasteiger partial charge on any atom is 0.317 e. The van der Waals surface area contributed by atoms with Gasteiger partial charge in [0.05, 0.1) is 13.0 Å². The van der Waals surface area contributed by atoms with Gasteiger partial charge in [0, 0.05) is 19.6 Å². The number of carbonyl (C=O) groups is 2. The zero-order valence-corrected chi connectivity index (χ0v) is 14.8. The number of ether oxygens (including phenoxy) is 1. The standard InChI is InChI=1S/C19H27FN2O3/c1-2-25-18(23)11-12-21-19(24)22-13-5-6-15(14-22)9-10-16-7-3-4-8-17(16)20/h3-4,7-8,15H,2,5-6,9-14H2,1H3,(H,21,24)/t15-/m1/s1. The first-order valence-electron chi connectivity index (χ1n) is 9.02. The van der Waals surface area contributed by atoms with Gasteiger partial charge >= 0.3 is 12.0 Å². The molecule has 1 saturated heterocycles. The third kappa shape index (κ3) is 6.36. The molecule has 1 atom stereocenters. The minimum absolute atomic E-state index is 0.139. The second-order valence-corrected chi connectivity index (χ2v) is 6.37. The summed E-state index contributed by atoms with van der Waals surface area (Å²) in [6.07, 6.45) is 3.75. The van der Waals surface area contributed by atoms with Gasteiger partial charge in [-0.2, -0.15) is 0 Å². The Morgan fingerprint density at radius 3 is 2.92 bits per heavy atom. The van der Waals surface area contributed by atoms with Crippen molar-refractivity contribution in [3.05, 3.63) is 35.6 Å². The SMILES string of the molecule is CCOC(=O)CCNC(=O)N1CCC[C@H](CCc2ccccc2F)C1. The number of urea groups is 1. The molecule has 1 N–H and O–H groups in total. The molecule has 0 radical (unpaired) electrons. The van der Waals surface area contributed by atoms with Gasteiger partial charge in [-0.05, 0) is 50.2 Å². The first-order chi connectivity index (χ1) is 12.1. The van der Waals surface area contributed by atoms with Gasteiger partial charge in [-0.25, -0.2) is 9.18 Å². The molecule has 6 heteroatoms. The monoisotopic (exact) mass is 350 g/mol. The largest absolute Gasteiger partial charge is 0.466 e. The Bertz CT molecular complexity index is 580. The number of benzene rings is 1. The molecule has 0 unspecified atom stereocenters. The normalized spacial score (nSPS) is 17.2. The Labute approximate surface area is 148 Å². The lowest BCUT2D eigenvalue weighted by Gasteiger charge is -2.33. The first kappa shape index (κ1) is 19.2. The maximum absolute atomic E-state index is 13.7. The van der Waals surface area contributed by atoms with E-state index in [2.05, 4.69) is 5.32 Å². The Morgan fingerprint density at radius 2 is 2.16 bits per heavy atom. The molecule has 1 fully saturated rings. The van der Waals surface area contributed by atoms with Crippen LogP contribution in [0.1, 0.15) is 38.2 Å². The molecule has 25 heavy (non-hydrogen) atoms. The zero-order chi connectivity index (χ0) is 18.1. The average molecular weight is 350 g/mol. The van der Waals surface area contributed by atoms with Crippen LogP contribution in [0.5, 0.6) is 0 Å². The van der Waals surface area contributed by atoms with Gasteiger partial charge in [-0.1, -0.05) is 18.2 Å². The Kier molecular flexibility index (Phi) is 7.70. The molecule has 5 nitrogen and oxygen atoms in total. The van der Waals surface area contributed by atoms with Crippen LogP contribution in [0.3, 0.4) is 0 Å². The van der Waals surface area contributed by atoms with Crippen molar-refractivity contribution in [2.45, 2.75) is 39.0 Å². The van der Waals surface area contributed by atoms with Crippen LogP contribution in [0, 0.1) is 11.7 Å². The van der Waals surface area contributed by atoms with E-state index in [0.29, 0.717) is 25.5 Å². The van der Waals surface area contributed by atoms with Crippen LogP contribution >= 0.6 is 0 Å². The fourth-order valence-electron chi connectivity index (χ4n) is 3.16. The summed E-state index contributed by atoms with van der Waals surface area (Å²) in [5, 5.41) is 2.77. The quantitative estimate of drug-likeness (QED) is 0.769. The molecular weight excluding hydrogens is 323 g/mol. The topological polar surface area (TPSA) is 58.6 Å². The Morgan fingerprint density at radius 1 is 1.36 bits per heavy atom. The highest BCUT2D eigenvalue weighted by atomic mass is 19.1. The summed E-state index contributed by atoms with van der Waals surface area (Å²) < 4.78 is 18.5. The van der Waals surface area contributed by atoms with Crippen molar-refractivity contribution in [2.24, 2.45) is 5.92 Å². The molecular formula is C19H27FN2O3. The highest BCUT2D eigenvalue weighted by Gasteiger charge is 2.23. The van der Waals surface area contributed by atoms with Crippen molar-refractivity contribution in [3.8, 4) is 0 Å². The van der Waals surface area contributed by atoms with Crippen LogP contribution in [-0.4, -0.2) is 43.1 Å². The molecule has 0 bridgehead atoms. The summed E-state index contributed by atoms with van der Waals surface area (Å²) >= 11 is 0. The van der Waals surface area contributed by atoms with Crippen LogP contribution < -0.4 is 5.32 Å². The number of halogens is 1. The van der Waals surface area contributed by atoms with E-state index in [1.54, 1.807) is 17.9 Å². The summed E-state index contributed by atoms with van der Waals surface area (Å²) in [5.74, 6) is -0.0831. The minimum atomic E-state index is -0.302. The molecule has 1 heterocycles. The van der Waals surface area contributed by atoms with Gasteiger partial charge < -0.3 is 15.0 Å². The number of esters is 1. The van der Waals surface area contributed by atoms with E-state index >= 15 is 0 Å². The number of aryl methyl sites for hydroxylation is 1. The molecule has 0 aromatic heterocycles. The molecule has 138 valence electrons. The molecule has 2 rings (SSSR count). The number of likely N-dealkylation sites (tertiary alicyclic amines) is 1. The predicted molar refractivity (Wildman–Crippen MR) is 93.7 cm³/mol. The smallest absolute Gasteiger partial charge is 0.317 e. The molecule has 1 aromatic carbocycles. The van der Waals surface area contributed by atoms with Crippen molar-refractivity contribution >= 4 is 12.0 Å². The van der Waals surface area contributed by atoms with Crippen LogP contribution in [0.4, 0.5) is 9.18 Å². The third-order valence-corrected chi connectivity index (χ3v) is 4.50. The second kappa shape index (κ2) is 10.0. The Balaban J connectivity index is 1.73. The van der Waals surface area contributed by atoms with Gasteiger partial charge in [0.25, 0.3) is 0 Å². The molecule has 0 aliphatic carbocycles. The molecule has 1 aliphatic rings. The fourth-order valence-corrected chi connectivity index (χ4v) is 3.16. The fraction of sp³-hybridized carbons (Fsp3) is 0.579. The number of piperidine rings is 1.